The Balaban J connectivity index is 0.000000926. The van der Waals surface area contributed by atoms with Gasteiger partial charge in [-0.15, -0.1) is 0 Å². The van der Waals surface area contributed by atoms with Crippen LogP contribution in [0.4, 0.5) is 26.3 Å². The van der Waals surface area contributed by atoms with Gasteiger partial charge in [-0.1, -0.05) is 29.3 Å². The standard InChI is InChI=1S/C21H17Cl2F6NO3.CH4O3S/c22-16-2-1-13(10-17(16)23)19(3-5-31)11-30(4-6-33-19)18(32)12-7-14(20(24,25)26)9-15(8-12)21(27,28)29;1-5(2,3)4/h1-2,7-10,31H,3-6,11H2;1H3,(H,2,3,4)/t19-;/m0./s1. The molecule has 1 heterocycles. The SMILES string of the molecule is CS(=O)(=O)O.O=C(c1cc(C(F)(F)F)cc(C(F)(F)F)c1)N1CCO[C@](CCO)(c2ccc(Cl)c(Cl)c2)C1. The molecule has 1 fully saturated rings. The van der Waals surface area contributed by atoms with Gasteiger partial charge in [-0.25, -0.2) is 0 Å². The van der Waals surface area contributed by atoms with E-state index in [4.69, 9.17) is 32.5 Å². The highest BCUT2D eigenvalue weighted by Crippen LogP contribution is 2.39. The van der Waals surface area contributed by atoms with Crippen molar-refractivity contribution in [2.75, 3.05) is 32.6 Å². The normalized spacial score (nSPS) is 18.6. The molecule has 2 aromatic carbocycles. The summed E-state index contributed by atoms with van der Waals surface area (Å²) in [6.45, 7) is -0.756. The molecule has 1 aliphatic heterocycles. The summed E-state index contributed by atoms with van der Waals surface area (Å²) in [6.07, 6.45) is -9.46. The smallest absolute Gasteiger partial charge is 0.396 e. The van der Waals surface area contributed by atoms with Gasteiger partial charge in [-0.3, -0.25) is 9.35 Å². The van der Waals surface area contributed by atoms with Crippen LogP contribution in [0.2, 0.25) is 10.0 Å². The molecule has 38 heavy (non-hydrogen) atoms. The Hall–Kier alpha value is -2.10. The van der Waals surface area contributed by atoms with Crippen LogP contribution in [-0.4, -0.2) is 61.4 Å². The highest BCUT2D eigenvalue weighted by molar-refractivity contribution is 7.85. The van der Waals surface area contributed by atoms with Crippen molar-refractivity contribution in [1.82, 2.24) is 4.90 Å². The number of ether oxygens (including phenoxy) is 1. The first-order chi connectivity index (χ1) is 17.3. The summed E-state index contributed by atoms with van der Waals surface area (Å²) in [4.78, 5) is 14.1. The molecule has 0 aromatic heterocycles. The maximum atomic E-state index is 13.2. The third-order valence-electron chi connectivity index (χ3n) is 5.27. The summed E-state index contributed by atoms with van der Waals surface area (Å²) >= 11 is 12.0. The average Bonchev–Trinajstić information content (AvgIpc) is 2.78. The lowest BCUT2D eigenvalue weighted by atomic mass is 9.88. The van der Waals surface area contributed by atoms with Gasteiger partial charge in [0.2, 0.25) is 0 Å². The van der Waals surface area contributed by atoms with Crippen molar-refractivity contribution in [1.29, 1.82) is 0 Å². The van der Waals surface area contributed by atoms with Crippen LogP contribution in [0.3, 0.4) is 0 Å². The van der Waals surface area contributed by atoms with E-state index in [0.29, 0.717) is 24.0 Å². The van der Waals surface area contributed by atoms with E-state index in [0.717, 1.165) is 4.90 Å². The summed E-state index contributed by atoms with van der Waals surface area (Å²) in [5, 5.41) is 9.99. The minimum Gasteiger partial charge on any atom is -0.396 e. The molecule has 0 bridgehead atoms. The molecule has 2 aromatic rings. The van der Waals surface area contributed by atoms with Crippen molar-refractivity contribution in [2.24, 2.45) is 0 Å². The van der Waals surface area contributed by atoms with E-state index in [-0.39, 0.29) is 48.8 Å². The molecule has 1 aliphatic rings. The highest BCUT2D eigenvalue weighted by atomic mass is 35.5. The number of morpholine rings is 1. The molecule has 1 saturated heterocycles. The van der Waals surface area contributed by atoms with E-state index in [2.05, 4.69) is 0 Å². The van der Waals surface area contributed by atoms with Gasteiger partial charge >= 0.3 is 12.4 Å². The van der Waals surface area contributed by atoms with E-state index >= 15 is 0 Å². The van der Waals surface area contributed by atoms with Gasteiger partial charge in [0.15, 0.2) is 0 Å². The molecule has 2 N–H and O–H groups in total. The molecule has 3 rings (SSSR count). The van der Waals surface area contributed by atoms with Crippen molar-refractivity contribution in [3.63, 3.8) is 0 Å². The molecular formula is C22H21Cl2F6NO6S. The maximum Gasteiger partial charge on any atom is 0.416 e. The van der Waals surface area contributed by atoms with Crippen LogP contribution in [0.25, 0.3) is 0 Å². The first kappa shape index (κ1) is 32.1. The summed E-state index contributed by atoms with van der Waals surface area (Å²) in [5.41, 5.74) is -4.76. The van der Waals surface area contributed by atoms with Crippen LogP contribution in [0.5, 0.6) is 0 Å². The Morgan fingerprint density at radius 2 is 1.55 bits per heavy atom. The zero-order chi connectivity index (χ0) is 29.1. The van der Waals surface area contributed by atoms with E-state index in [9.17, 15) is 44.7 Å². The minimum atomic E-state index is -5.08. The van der Waals surface area contributed by atoms with E-state index in [1.54, 1.807) is 6.07 Å². The van der Waals surface area contributed by atoms with Gasteiger partial charge in [0, 0.05) is 25.1 Å². The molecule has 0 aliphatic carbocycles. The Morgan fingerprint density at radius 3 is 2.00 bits per heavy atom. The number of hydrogen-bond acceptors (Lipinski definition) is 5. The van der Waals surface area contributed by atoms with Crippen LogP contribution in [0.15, 0.2) is 36.4 Å². The fraction of sp³-hybridized carbons (Fsp3) is 0.409. The molecular weight excluding hydrogens is 591 g/mol. The number of carbonyl (C=O) groups excluding carboxylic acids is 1. The number of rotatable bonds is 4. The van der Waals surface area contributed by atoms with Crippen LogP contribution in [-0.2, 0) is 32.8 Å². The lowest BCUT2D eigenvalue weighted by Gasteiger charge is -2.43. The lowest BCUT2D eigenvalue weighted by Crippen LogP contribution is -2.52. The maximum absolute atomic E-state index is 13.2. The quantitative estimate of drug-likeness (QED) is 0.360. The van der Waals surface area contributed by atoms with Crippen LogP contribution in [0, 0.1) is 0 Å². The number of amides is 1. The molecule has 0 spiro atoms. The number of aliphatic hydroxyl groups is 1. The Morgan fingerprint density at radius 1 is 1.03 bits per heavy atom. The van der Waals surface area contributed by atoms with Crippen LogP contribution in [0.1, 0.15) is 33.5 Å². The van der Waals surface area contributed by atoms with Crippen molar-refractivity contribution >= 4 is 39.2 Å². The summed E-state index contributed by atoms with van der Waals surface area (Å²) in [7, 11) is -3.67. The predicted octanol–water partition coefficient (Wildman–Crippen LogP) is 5.29. The second kappa shape index (κ2) is 12.0. The van der Waals surface area contributed by atoms with Crippen molar-refractivity contribution < 1.29 is 54.0 Å². The van der Waals surface area contributed by atoms with E-state index in [1.165, 1.54) is 12.1 Å². The third-order valence-corrected chi connectivity index (χ3v) is 6.01. The molecule has 16 heteroatoms. The summed E-state index contributed by atoms with van der Waals surface area (Å²) < 4.78 is 111. The first-order valence-electron chi connectivity index (χ1n) is 10.5. The number of benzene rings is 2. The predicted molar refractivity (Wildman–Crippen MR) is 126 cm³/mol. The van der Waals surface area contributed by atoms with E-state index in [1.807, 2.05) is 0 Å². The number of carbonyl (C=O) groups is 1. The zero-order valence-corrected chi connectivity index (χ0v) is 21.7. The monoisotopic (exact) mass is 611 g/mol. The first-order valence-corrected chi connectivity index (χ1v) is 13.1. The largest absolute Gasteiger partial charge is 0.416 e. The number of alkyl halides is 6. The van der Waals surface area contributed by atoms with Gasteiger partial charge in [0.25, 0.3) is 16.0 Å². The summed E-state index contributed by atoms with van der Waals surface area (Å²) in [5.74, 6) is -1.03. The fourth-order valence-corrected chi connectivity index (χ4v) is 3.95. The molecule has 0 radical (unpaired) electrons. The topological polar surface area (TPSA) is 104 Å². The number of halogens is 8. The molecule has 1 atom stereocenters. The molecule has 212 valence electrons. The van der Waals surface area contributed by atoms with Gasteiger partial charge in [-0.05, 0) is 35.9 Å². The zero-order valence-electron chi connectivity index (χ0n) is 19.4. The van der Waals surface area contributed by atoms with Crippen LogP contribution < -0.4 is 0 Å². The number of nitrogens with zero attached hydrogens (tertiary/aromatic N) is 1. The highest BCUT2D eigenvalue weighted by Gasteiger charge is 2.42. The fourth-order valence-electron chi connectivity index (χ4n) is 3.65. The second-order valence-electron chi connectivity index (χ2n) is 8.20. The minimum absolute atomic E-state index is 0.00880. The Kier molecular flexibility index (Phi) is 10.1. The van der Waals surface area contributed by atoms with Crippen molar-refractivity contribution in [2.45, 2.75) is 24.4 Å². The Bertz CT molecular complexity index is 1230. The molecule has 0 saturated carbocycles. The van der Waals surface area contributed by atoms with E-state index < -0.39 is 50.7 Å². The molecule has 7 nitrogen and oxygen atoms in total. The van der Waals surface area contributed by atoms with Crippen LogP contribution >= 0.6 is 23.2 Å². The summed E-state index contributed by atoms with van der Waals surface area (Å²) in [6, 6.07) is 5.25. The van der Waals surface area contributed by atoms with Crippen molar-refractivity contribution in [3.05, 3.63) is 68.7 Å². The van der Waals surface area contributed by atoms with Gasteiger partial charge in [0.05, 0.1) is 40.6 Å². The number of aliphatic hydroxyl groups excluding tert-OH is 1. The van der Waals surface area contributed by atoms with Gasteiger partial charge in [-0.2, -0.15) is 34.8 Å². The lowest BCUT2D eigenvalue weighted by molar-refractivity contribution is -0.143. The molecule has 1 amide bonds. The number of hydrogen-bond donors (Lipinski definition) is 2. The third kappa shape index (κ3) is 8.71. The average molecular weight is 612 g/mol. The second-order valence-corrected chi connectivity index (χ2v) is 10.5. The Labute approximate surface area is 223 Å². The van der Waals surface area contributed by atoms with Gasteiger partial charge < -0.3 is 14.7 Å². The molecule has 0 unspecified atom stereocenters. The van der Waals surface area contributed by atoms with Crippen molar-refractivity contribution in [3.8, 4) is 0 Å². The van der Waals surface area contributed by atoms with Gasteiger partial charge in [0.1, 0.15) is 5.60 Å².